The monoisotopic (exact) mass is 188 g/mol. The highest BCUT2D eigenvalue weighted by molar-refractivity contribution is 5.39. The summed E-state index contributed by atoms with van der Waals surface area (Å²) < 4.78 is 5.62. The molecule has 1 nitrogen and oxygen atoms in total. The van der Waals surface area contributed by atoms with Crippen molar-refractivity contribution >= 4 is 0 Å². The molecule has 1 heteroatoms. The molecule has 0 spiro atoms. The van der Waals surface area contributed by atoms with Crippen LogP contribution in [0.3, 0.4) is 0 Å². The van der Waals surface area contributed by atoms with Crippen LogP contribution in [0.2, 0.25) is 0 Å². The molecule has 0 saturated heterocycles. The average Bonchev–Trinajstić information content (AvgIpc) is 2.72. The van der Waals surface area contributed by atoms with Gasteiger partial charge in [0.2, 0.25) is 0 Å². The molecule has 0 aromatic heterocycles. The molecule has 0 N–H and O–H groups in total. The minimum atomic E-state index is 0.567. The van der Waals surface area contributed by atoms with Crippen molar-refractivity contribution in [1.82, 2.24) is 0 Å². The van der Waals surface area contributed by atoms with Gasteiger partial charge < -0.3 is 4.74 Å². The first-order chi connectivity index (χ1) is 6.92. The van der Waals surface area contributed by atoms with E-state index in [-0.39, 0.29) is 0 Å². The van der Waals surface area contributed by atoms with Crippen molar-refractivity contribution in [3.05, 3.63) is 42.0 Å². The quantitative estimate of drug-likeness (QED) is 0.659. The number of rotatable bonds is 3. The van der Waals surface area contributed by atoms with Crippen LogP contribution in [0.5, 0.6) is 5.75 Å². The fourth-order valence-electron chi connectivity index (χ4n) is 1.97. The molecule has 1 aliphatic carbocycles. The summed E-state index contributed by atoms with van der Waals surface area (Å²) in [6.45, 7) is 2.77. The summed E-state index contributed by atoms with van der Waals surface area (Å²) in [6, 6.07) is 8.35. The van der Waals surface area contributed by atoms with Gasteiger partial charge in [0.1, 0.15) is 5.75 Å². The topological polar surface area (TPSA) is 9.23 Å². The molecule has 0 unspecified atom stereocenters. The molecule has 0 saturated carbocycles. The summed E-state index contributed by atoms with van der Waals surface area (Å²) in [6.07, 6.45) is 6.97. The van der Waals surface area contributed by atoms with E-state index in [1.165, 1.54) is 18.4 Å². The van der Waals surface area contributed by atoms with Crippen LogP contribution in [0.15, 0.2) is 36.4 Å². The number of hydrogen-bond donors (Lipinski definition) is 0. The first-order valence-corrected chi connectivity index (χ1v) is 5.30. The first kappa shape index (κ1) is 9.32. The summed E-state index contributed by atoms with van der Waals surface area (Å²) in [4.78, 5) is 0. The fourth-order valence-corrected chi connectivity index (χ4v) is 1.97. The van der Waals surface area contributed by atoms with Crippen molar-refractivity contribution in [2.75, 3.05) is 6.61 Å². The van der Waals surface area contributed by atoms with Crippen molar-refractivity contribution in [3.63, 3.8) is 0 Å². The third-order valence-electron chi connectivity index (χ3n) is 2.63. The third-order valence-corrected chi connectivity index (χ3v) is 2.63. The molecule has 1 atom stereocenters. The van der Waals surface area contributed by atoms with Crippen LogP contribution in [0.1, 0.15) is 31.2 Å². The van der Waals surface area contributed by atoms with Crippen molar-refractivity contribution in [2.45, 2.75) is 25.7 Å². The lowest BCUT2D eigenvalue weighted by Gasteiger charge is -2.13. The lowest BCUT2D eigenvalue weighted by atomic mass is 9.98. The molecule has 0 heterocycles. The molecule has 1 aromatic rings. The maximum Gasteiger partial charge on any atom is 0.123 e. The van der Waals surface area contributed by atoms with Crippen LogP contribution >= 0.6 is 0 Å². The minimum absolute atomic E-state index is 0.567. The molecule has 74 valence electrons. The molecule has 0 amide bonds. The van der Waals surface area contributed by atoms with Gasteiger partial charge in [-0.1, -0.05) is 30.4 Å². The highest BCUT2D eigenvalue weighted by Crippen LogP contribution is 2.34. The lowest BCUT2D eigenvalue weighted by Crippen LogP contribution is -1.99. The summed E-state index contributed by atoms with van der Waals surface area (Å²) >= 11 is 0. The second-order valence-corrected chi connectivity index (χ2v) is 3.58. The Hall–Kier alpha value is -1.24. The largest absolute Gasteiger partial charge is 0.494 e. The van der Waals surface area contributed by atoms with Gasteiger partial charge in [-0.25, -0.2) is 0 Å². The Morgan fingerprint density at radius 2 is 2.21 bits per heavy atom. The molecule has 0 fully saturated rings. The van der Waals surface area contributed by atoms with Crippen LogP contribution in [0, 0.1) is 0 Å². The molecule has 0 aliphatic heterocycles. The Balaban J connectivity index is 2.26. The second kappa shape index (κ2) is 4.32. The number of para-hydroxylation sites is 1. The Morgan fingerprint density at radius 3 is 2.93 bits per heavy atom. The van der Waals surface area contributed by atoms with E-state index in [1.54, 1.807) is 0 Å². The van der Waals surface area contributed by atoms with E-state index in [4.69, 9.17) is 4.74 Å². The van der Waals surface area contributed by atoms with Gasteiger partial charge in [0.25, 0.3) is 0 Å². The van der Waals surface area contributed by atoms with Crippen LogP contribution in [0.4, 0.5) is 0 Å². The van der Waals surface area contributed by atoms with Crippen LogP contribution in [-0.4, -0.2) is 6.61 Å². The van der Waals surface area contributed by atoms with Gasteiger partial charge in [0.15, 0.2) is 0 Å². The Bertz CT molecular complexity index is 328. The molecule has 1 aromatic carbocycles. The molecule has 14 heavy (non-hydrogen) atoms. The van der Waals surface area contributed by atoms with Gasteiger partial charge in [0.05, 0.1) is 6.61 Å². The van der Waals surface area contributed by atoms with E-state index >= 15 is 0 Å². The van der Waals surface area contributed by atoms with Crippen LogP contribution in [-0.2, 0) is 0 Å². The van der Waals surface area contributed by atoms with Crippen molar-refractivity contribution < 1.29 is 4.74 Å². The minimum Gasteiger partial charge on any atom is -0.494 e. The van der Waals surface area contributed by atoms with E-state index in [2.05, 4.69) is 30.4 Å². The molecule has 0 bridgehead atoms. The van der Waals surface area contributed by atoms with Crippen LogP contribution in [0.25, 0.3) is 0 Å². The highest BCUT2D eigenvalue weighted by Gasteiger charge is 2.15. The molecule has 0 radical (unpaired) electrons. The van der Waals surface area contributed by atoms with Gasteiger partial charge in [-0.05, 0) is 25.8 Å². The summed E-state index contributed by atoms with van der Waals surface area (Å²) in [5.41, 5.74) is 1.34. The van der Waals surface area contributed by atoms with Gasteiger partial charge in [-0.3, -0.25) is 0 Å². The molecule has 1 aliphatic rings. The summed E-state index contributed by atoms with van der Waals surface area (Å²) in [7, 11) is 0. The standard InChI is InChI=1S/C13H16O/c1-2-14-13-10-6-5-9-12(13)11-7-3-4-8-11/h3,5-7,9-11H,2,4,8H2,1H3/t11-/m1/s1. The van der Waals surface area contributed by atoms with Gasteiger partial charge >= 0.3 is 0 Å². The summed E-state index contributed by atoms with van der Waals surface area (Å²) in [5, 5.41) is 0. The smallest absolute Gasteiger partial charge is 0.123 e. The van der Waals surface area contributed by atoms with Crippen molar-refractivity contribution in [2.24, 2.45) is 0 Å². The Morgan fingerprint density at radius 1 is 1.36 bits per heavy atom. The Labute approximate surface area is 85.4 Å². The second-order valence-electron chi connectivity index (χ2n) is 3.58. The van der Waals surface area contributed by atoms with E-state index in [9.17, 15) is 0 Å². The first-order valence-electron chi connectivity index (χ1n) is 5.30. The maximum atomic E-state index is 5.62. The molecular formula is C13H16O. The SMILES string of the molecule is CCOc1ccccc1[C@@H]1C=CCC1. The van der Waals surface area contributed by atoms with E-state index in [1.807, 2.05) is 13.0 Å². The molecule has 2 rings (SSSR count). The van der Waals surface area contributed by atoms with E-state index in [0.29, 0.717) is 5.92 Å². The lowest BCUT2D eigenvalue weighted by molar-refractivity contribution is 0.335. The maximum absolute atomic E-state index is 5.62. The fraction of sp³-hybridized carbons (Fsp3) is 0.385. The van der Waals surface area contributed by atoms with Gasteiger partial charge in [-0.15, -0.1) is 0 Å². The van der Waals surface area contributed by atoms with Crippen molar-refractivity contribution in [3.8, 4) is 5.75 Å². The van der Waals surface area contributed by atoms with Gasteiger partial charge in [-0.2, -0.15) is 0 Å². The van der Waals surface area contributed by atoms with E-state index < -0.39 is 0 Å². The van der Waals surface area contributed by atoms with Gasteiger partial charge in [0, 0.05) is 11.5 Å². The summed E-state index contributed by atoms with van der Waals surface area (Å²) in [5.74, 6) is 1.62. The number of hydrogen-bond acceptors (Lipinski definition) is 1. The zero-order valence-electron chi connectivity index (χ0n) is 8.57. The number of ether oxygens (including phenoxy) is 1. The van der Waals surface area contributed by atoms with Crippen LogP contribution < -0.4 is 4.74 Å². The molecular weight excluding hydrogens is 172 g/mol. The zero-order valence-corrected chi connectivity index (χ0v) is 8.57. The van der Waals surface area contributed by atoms with E-state index in [0.717, 1.165) is 12.4 Å². The normalized spacial score (nSPS) is 19.9. The average molecular weight is 188 g/mol. The number of allylic oxidation sites excluding steroid dienone is 2. The Kier molecular flexibility index (Phi) is 2.87. The highest BCUT2D eigenvalue weighted by atomic mass is 16.5. The predicted octanol–water partition coefficient (Wildman–Crippen LogP) is 3.52. The third kappa shape index (κ3) is 1.82. The van der Waals surface area contributed by atoms with Crippen molar-refractivity contribution in [1.29, 1.82) is 0 Å². The zero-order chi connectivity index (χ0) is 9.80. The number of benzene rings is 1. The predicted molar refractivity (Wildman–Crippen MR) is 58.7 cm³/mol.